The fraction of sp³-hybridized carbons (Fsp3) is 0.591. The number of halogens is 1. The van der Waals surface area contributed by atoms with E-state index in [0.717, 1.165) is 11.3 Å². The number of ether oxygens (including phenoxy) is 2. The van der Waals surface area contributed by atoms with Gasteiger partial charge in [0.2, 0.25) is 5.91 Å². The molecule has 1 aromatic carbocycles. The van der Waals surface area contributed by atoms with Crippen molar-refractivity contribution in [2.75, 3.05) is 45.4 Å². The molecule has 3 rings (SSSR count). The van der Waals surface area contributed by atoms with Crippen molar-refractivity contribution in [3.05, 3.63) is 22.7 Å². The van der Waals surface area contributed by atoms with Crippen molar-refractivity contribution in [1.29, 1.82) is 0 Å². The fourth-order valence-corrected chi connectivity index (χ4v) is 4.76. The second-order valence-corrected chi connectivity index (χ2v) is 9.01. The Kier molecular flexibility index (Phi) is 7.19. The third-order valence-corrected chi connectivity index (χ3v) is 6.66. The van der Waals surface area contributed by atoms with Gasteiger partial charge in [-0.15, -0.1) is 0 Å². The second-order valence-electron chi connectivity index (χ2n) is 8.63. The number of urea groups is 1. The molecule has 0 spiro atoms. The lowest BCUT2D eigenvalue weighted by molar-refractivity contribution is -0.137. The SMILES string of the molecule is COCC1(CC(C)C(=O)N2CCN(c3cc(C)c(Cl)c(OC)c3)[C@@H](C)C2)NC(=O)NC1=O. The summed E-state index contributed by atoms with van der Waals surface area (Å²) in [6, 6.07) is 3.45. The first-order valence-electron chi connectivity index (χ1n) is 10.6. The van der Waals surface area contributed by atoms with Gasteiger partial charge in [0.15, 0.2) is 0 Å². The highest BCUT2D eigenvalue weighted by Crippen LogP contribution is 2.34. The van der Waals surface area contributed by atoms with E-state index in [1.807, 2.05) is 24.0 Å². The lowest BCUT2D eigenvalue weighted by Crippen LogP contribution is -2.57. The molecule has 2 fully saturated rings. The van der Waals surface area contributed by atoms with Crippen LogP contribution in [-0.4, -0.2) is 74.8 Å². The number of anilines is 1. The predicted molar refractivity (Wildman–Crippen MR) is 121 cm³/mol. The van der Waals surface area contributed by atoms with E-state index in [1.54, 1.807) is 14.0 Å². The zero-order valence-corrected chi connectivity index (χ0v) is 19.9. The molecule has 0 radical (unpaired) electrons. The van der Waals surface area contributed by atoms with Crippen molar-refractivity contribution < 1.29 is 23.9 Å². The molecule has 0 saturated carbocycles. The second kappa shape index (κ2) is 9.54. The standard InChI is InChI=1S/C22H31ClN4O5/c1-13-8-16(9-17(32-5)18(13)23)27-7-6-26(11-15(27)3)19(28)14(2)10-22(12-31-4)20(29)24-21(30)25-22/h8-9,14-15H,6-7,10-12H2,1-5H3,(H2,24,25,29,30)/t14?,15-,22?/m0/s1. The van der Waals surface area contributed by atoms with Crippen molar-refractivity contribution in [2.45, 2.75) is 38.8 Å². The summed E-state index contributed by atoms with van der Waals surface area (Å²) in [6.45, 7) is 7.54. The van der Waals surface area contributed by atoms with Crippen LogP contribution in [0.2, 0.25) is 5.02 Å². The number of aryl methyl sites for hydroxylation is 1. The Morgan fingerprint density at radius 1 is 1.31 bits per heavy atom. The maximum atomic E-state index is 13.2. The van der Waals surface area contributed by atoms with Crippen LogP contribution in [0.5, 0.6) is 5.75 Å². The van der Waals surface area contributed by atoms with Gasteiger partial charge in [0.25, 0.3) is 5.91 Å². The normalized spacial score (nSPS) is 24.2. The number of amides is 4. The average Bonchev–Trinajstić information content (AvgIpc) is 3.01. The van der Waals surface area contributed by atoms with E-state index in [1.165, 1.54) is 7.11 Å². The number of nitrogens with one attached hydrogen (secondary N) is 2. The number of piperazine rings is 1. The van der Waals surface area contributed by atoms with Gasteiger partial charge in [-0.25, -0.2) is 4.79 Å². The third-order valence-electron chi connectivity index (χ3n) is 6.18. The zero-order chi connectivity index (χ0) is 23.6. The molecule has 2 aliphatic rings. The average molecular weight is 467 g/mol. The van der Waals surface area contributed by atoms with Crippen LogP contribution in [0.25, 0.3) is 0 Å². The summed E-state index contributed by atoms with van der Waals surface area (Å²) >= 11 is 6.30. The molecule has 3 atom stereocenters. The number of carbonyl (C=O) groups excluding carboxylic acids is 3. The number of nitrogens with zero attached hydrogens (tertiary/aromatic N) is 2. The van der Waals surface area contributed by atoms with Gasteiger partial charge in [0.1, 0.15) is 11.3 Å². The maximum absolute atomic E-state index is 13.2. The number of imide groups is 1. The van der Waals surface area contributed by atoms with E-state index in [-0.39, 0.29) is 25.0 Å². The van der Waals surface area contributed by atoms with Gasteiger partial charge < -0.3 is 24.6 Å². The largest absolute Gasteiger partial charge is 0.495 e. The Balaban J connectivity index is 1.68. The summed E-state index contributed by atoms with van der Waals surface area (Å²) in [5.41, 5.74) is 0.701. The molecule has 1 aromatic rings. The monoisotopic (exact) mass is 466 g/mol. The van der Waals surface area contributed by atoms with E-state index in [2.05, 4.69) is 22.5 Å². The summed E-state index contributed by atoms with van der Waals surface area (Å²) in [7, 11) is 3.05. The van der Waals surface area contributed by atoms with Crippen LogP contribution in [0, 0.1) is 12.8 Å². The number of carbonyl (C=O) groups is 3. The van der Waals surface area contributed by atoms with Crippen molar-refractivity contribution >= 4 is 35.1 Å². The van der Waals surface area contributed by atoms with Gasteiger partial charge in [0.05, 0.1) is 18.7 Å². The minimum Gasteiger partial charge on any atom is -0.495 e. The van der Waals surface area contributed by atoms with E-state index in [0.29, 0.717) is 30.4 Å². The molecule has 2 heterocycles. The van der Waals surface area contributed by atoms with Gasteiger partial charge in [-0.1, -0.05) is 18.5 Å². The number of methoxy groups -OCH3 is 2. The molecule has 0 bridgehead atoms. The van der Waals surface area contributed by atoms with Crippen LogP contribution in [0.1, 0.15) is 25.8 Å². The number of benzene rings is 1. The Hall–Kier alpha value is -2.52. The molecule has 2 saturated heterocycles. The highest BCUT2D eigenvalue weighted by Gasteiger charge is 2.48. The zero-order valence-electron chi connectivity index (χ0n) is 19.2. The van der Waals surface area contributed by atoms with Gasteiger partial charge in [0, 0.05) is 50.5 Å². The van der Waals surface area contributed by atoms with Crippen molar-refractivity contribution in [2.24, 2.45) is 5.92 Å². The lowest BCUT2D eigenvalue weighted by Gasteiger charge is -2.42. The summed E-state index contributed by atoms with van der Waals surface area (Å²) in [5, 5.41) is 5.48. The molecule has 10 heteroatoms. The van der Waals surface area contributed by atoms with Crippen LogP contribution in [0.15, 0.2) is 12.1 Å². The molecule has 176 valence electrons. The lowest BCUT2D eigenvalue weighted by atomic mass is 9.87. The smallest absolute Gasteiger partial charge is 0.322 e. The summed E-state index contributed by atoms with van der Waals surface area (Å²) in [4.78, 5) is 41.3. The minimum atomic E-state index is -1.23. The van der Waals surface area contributed by atoms with E-state index in [9.17, 15) is 14.4 Å². The van der Waals surface area contributed by atoms with Crippen molar-refractivity contribution in [3.63, 3.8) is 0 Å². The molecular weight excluding hydrogens is 436 g/mol. The molecule has 2 aliphatic heterocycles. The topological polar surface area (TPSA) is 100 Å². The first-order valence-corrected chi connectivity index (χ1v) is 11.0. The first kappa shape index (κ1) is 24.1. The molecule has 0 aromatic heterocycles. The Morgan fingerprint density at radius 2 is 2.03 bits per heavy atom. The molecule has 32 heavy (non-hydrogen) atoms. The summed E-state index contributed by atoms with van der Waals surface area (Å²) in [5.74, 6) is -0.354. The van der Waals surface area contributed by atoms with Crippen LogP contribution >= 0.6 is 11.6 Å². The first-order chi connectivity index (χ1) is 15.1. The molecule has 9 nitrogen and oxygen atoms in total. The third kappa shape index (κ3) is 4.63. The minimum absolute atomic E-state index is 0.00409. The summed E-state index contributed by atoms with van der Waals surface area (Å²) in [6.07, 6.45) is 0.166. The quantitative estimate of drug-likeness (QED) is 0.596. The Bertz CT molecular complexity index is 911. The molecule has 2 unspecified atom stereocenters. The molecule has 0 aliphatic carbocycles. The fourth-order valence-electron chi connectivity index (χ4n) is 4.58. The van der Waals surface area contributed by atoms with Gasteiger partial charge in [-0.3, -0.25) is 14.9 Å². The number of rotatable bonds is 7. The van der Waals surface area contributed by atoms with E-state index < -0.39 is 23.4 Å². The summed E-state index contributed by atoms with van der Waals surface area (Å²) < 4.78 is 10.6. The van der Waals surface area contributed by atoms with Crippen molar-refractivity contribution in [3.8, 4) is 5.75 Å². The van der Waals surface area contributed by atoms with Crippen LogP contribution < -0.4 is 20.3 Å². The Morgan fingerprint density at radius 3 is 2.59 bits per heavy atom. The maximum Gasteiger partial charge on any atom is 0.322 e. The van der Waals surface area contributed by atoms with Crippen LogP contribution in [0.3, 0.4) is 0 Å². The number of hydrogen-bond donors (Lipinski definition) is 2. The molecular formula is C22H31ClN4O5. The highest BCUT2D eigenvalue weighted by atomic mass is 35.5. The highest BCUT2D eigenvalue weighted by molar-refractivity contribution is 6.32. The predicted octanol–water partition coefficient (Wildman–Crippen LogP) is 1.94. The van der Waals surface area contributed by atoms with E-state index >= 15 is 0 Å². The van der Waals surface area contributed by atoms with Crippen molar-refractivity contribution in [1.82, 2.24) is 15.5 Å². The van der Waals surface area contributed by atoms with Gasteiger partial charge in [-0.05, 0) is 31.9 Å². The van der Waals surface area contributed by atoms with Crippen LogP contribution in [0.4, 0.5) is 10.5 Å². The van der Waals surface area contributed by atoms with Gasteiger partial charge >= 0.3 is 6.03 Å². The Labute approximate surface area is 193 Å². The van der Waals surface area contributed by atoms with E-state index in [4.69, 9.17) is 21.1 Å². The van der Waals surface area contributed by atoms with Gasteiger partial charge in [-0.2, -0.15) is 0 Å². The molecule has 2 N–H and O–H groups in total. The number of hydrogen-bond acceptors (Lipinski definition) is 6. The van der Waals surface area contributed by atoms with Crippen LogP contribution in [-0.2, 0) is 14.3 Å². The molecule has 4 amide bonds.